The molecule has 1 aromatic carbocycles. The van der Waals surface area contributed by atoms with Crippen LogP contribution in [0.4, 0.5) is 11.4 Å². The van der Waals surface area contributed by atoms with Crippen molar-refractivity contribution in [2.24, 2.45) is 11.8 Å². The number of anilines is 2. The molecule has 0 bridgehead atoms. The Morgan fingerprint density at radius 2 is 2.00 bits per heavy atom. The van der Waals surface area contributed by atoms with Crippen molar-refractivity contribution < 1.29 is 4.79 Å². The van der Waals surface area contributed by atoms with E-state index >= 15 is 0 Å². The van der Waals surface area contributed by atoms with Gasteiger partial charge in [0.25, 0.3) is 0 Å². The molecule has 0 heterocycles. The summed E-state index contributed by atoms with van der Waals surface area (Å²) < 4.78 is 0. The minimum Gasteiger partial charge on any atom is -0.383 e. The zero-order chi connectivity index (χ0) is 13.9. The molecule has 1 aromatic rings. The zero-order valence-electron chi connectivity index (χ0n) is 12.2. The summed E-state index contributed by atoms with van der Waals surface area (Å²) in [5, 5.41) is 6.55. The first kappa shape index (κ1) is 13.5. The van der Waals surface area contributed by atoms with E-state index in [0.29, 0.717) is 6.04 Å². The van der Waals surface area contributed by atoms with Gasteiger partial charge < -0.3 is 10.6 Å². The van der Waals surface area contributed by atoms with Crippen molar-refractivity contribution >= 4 is 17.3 Å². The number of carbonyl (C=O) groups excluding carboxylic acids is 1. The van der Waals surface area contributed by atoms with E-state index in [0.717, 1.165) is 30.1 Å². The fraction of sp³-hybridized carbons (Fsp3) is 0.588. The number of amides is 1. The second-order valence-electron chi connectivity index (χ2n) is 6.42. The third-order valence-corrected chi connectivity index (χ3v) is 4.40. The van der Waals surface area contributed by atoms with Crippen molar-refractivity contribution in [1.82, 2.24) is 0 Å². The fourth-order valence-corrected chi connectivity index (χ4v) is 2.85. The molecule has 2 saturated carbocycles. The molecule has 1 amide bonds. The highest BCUT2D eigenvalue weighted by Crippen LogP contribution is 2.32. The molecule has 1 atom stereocenters. The van der Waals surface area contributed by atoms with Gasteiger partial charge in [-0.3, -0.25) is 4.79 Å². The smallest absolute Gasteiger partial charge is 0.227 e. The first-order valence-electron chi connectivity index (χ1n) is 7.88. The summed E-state index contributed by atoms with van der Waals surface area (Å²) in [5.41, 5.74) is 2.01. The Morgan fingerprint density at radius 3 is 2.65 bits per heavy atom. The molecule has 2 N–H and O–H groups in total. The lowest BCUT2D eigenvalue weighted by molar-refractivity contribution is -0.117. The molecule has 0 spiro atoms. The van der Waals surface area contributed by atoms with E-state index in [-0.39, 0.29) is 11.8 Å². The first-order chi connectivity index (χ1) is 9.70. The summed E-state index contributed by atoms with van der Waals surface area (Å²) in [7, 11) is 0. The largest absolute Gasteiger partial charge is 0.383 e. The fourth-order valence-electron chi connectivity index (χ4n) is 2.85. The average Bonchev–Trinajstić information content (AvgIpc) is 3.18. The lowest BCUT2D eigenvalue weighted by atomic mass is 9.81. The molecular formula is C17H24N2O. The molecule has 3 heteroatoms. The van der Waals surface area contributed by atoms with Crippen LogP contribution in [0.1, 0.15) is 45.4 Å². The standard InChI is InChI=1S/C17H24N2O/c1-12(10-13-4-2-5-13)18-15-6-3-7-16(11-15)19-17(20)14-8-9-14/h3,6-7,11-14,18H,2,4-5,8-10H2,1H3,(H,19,20). The maximum Gasteiger partial charge on any atom is 0.227 e. The Hall–Kier alpha value is -1.51. The van der Waals surface area contributed by atoms with Crippen molar-refractivity contribution in [1.29, 1.82) is 0 Å². The van der Waals surface area contributed by atoms with Gasteiger partial charge in [-0.15, -0.1) is 0 Å². The summed E-state index contributed by atoms with van der Waals surface area (Å²) in [6, 6.07) is 8.57. The van der Waals surface area contributed by atoms with Gasteiger partial charge in [-0.25, -0.2) is 0 Å². The molecule has 2 aliphatic rings. The third-order valence-electron chi connectivity index (χ3n) is 4.40. The molecule has 1 unspecified atom stereocenters. The Bertz CT molecular complexity index is 478. The Balaban J connectivity index is 1.54. The molecule has 108 valence electrons. The summed E-state index contributed by atoms with van der Waals surface area (Å²) in [4.78, 5) is 11.8. The van der Waals surface area contributed by atoms with E-state index in [1.165, 1.54) is 25.7 Å². The van der Waals surface area contributed by atoms with Crippen LogP contribution < -0.4 is 10.6 Å². The number of hydrogen-bond donors (Lipinski definition) is 2. The van der Waals surface area contributed by atoms with Crippen LogP contribution in [-0.2, 0) is 4.79 Å². The zero-order valence-corrected chi connectivity index (χ0v) is 12.2. The lowest BCUT2D eigenvalue weighted by Crippen LogP contribution is -2.23. The Morgan fingerprint density at radius 1 is 1.25 bits per heavy atom. The molecule has 0 aliphatic heterocycles. The van der Waals surface area contributed by atoms with E-state index in [1.807, 2.05) is 18.2 Å². The summed E-state index contributed by atoms with van der Waals surface area (Å²) in [6.07, 6.45) is 7.52. The minimum atomic E-state index is 0.171. The van der Waals surface area contributed by atoms with Gasteiger partial charge in [0.15, 0.2) is 0 Å². The van der Waals surface area contributed by atoms with E-state index in [9.17, 15) is 4.79 Å². The first-order valence-corrected chi connectivity index (χ1v) is 7.88. The summed E-state index contributed by atoms with van der Waals surface area (Å²) in [6.45, 7) is 2.24. The van der Waals surface area contributed by atoms with Crippen molar-refractivity contribution in [2.75, 3.05) is 10.6 Å². The third kappa shape index (κ3) is 3.53. The maximum atomic E-state index is 11.8. The monoisotopic (exact) mass is 272 g/mol. The lowest BCUT2D eigenvalue weighted by Gasteiger charge is -2.29. The van der Waals surface area contributed by atoms with Crippen molar-refractivity contribution in [3.63, 3.8) is 0 Å². The molecule has 0 aromatic heterocycles. The summed E-state index contributed by atoms with van der Waals surface area (Å²) >= 11 is 0. The van der Waals surface area contributed by atoms with Crippen molar-refractivity contribution in [2.45, 2.75) is 51.5 Å². The Labute approximate surface area is 121 Å². The molecule has 3 nitrogen and oxygen atoms in total. The topological polar surface area (TPSA) is 41.1 Å². The van der Waals surface area contributed by atoms with Crippen LogP contribution in [0.2, 0.25) is 0 Å². The van der Waals surface area contributed by atoms with Crippen LogP contribution in [0.5, 0.6) is 0 Å². The molecule has 2 aliphatic carbocycles. The van der Waals surface area contributed by atoms with Crippen molar-refractivity contribution in [3.05, 3.63) is 24.3 Å². The van der Waals surface area contributed by atoms with E-state index in [2.05, 4.69) is 23.6 Å². The van der Waals surface area contributed by atoms with Crippen LogP contribution in [0.15, 0.2) is 24.3 Å². The SMILES string of the molecule is CC(CC1CCC1)Nc1cccc(NC(=O)C2CC2)c1. The number of nitrogens with one attached hydrogen (secondary N) is 2. The van der Waals surface area contributed by atoms with Gasteiger partial charge in [-0.1, -0.05) is 25.3 Å². The van der Waals surface area contributed by atoms with Gasteiger partial charge in [-0.05, 0) is 50.3 Å². The van der Waals surface area contributed by atoms with Crippen LogP contribution in [0, 0.1) is 11.8 Å². The molecule has 3 rings (SSSR count). The minimum absolute atomic E-state index is 0.171. The highest BCUT2D eigenvalue weighted by atomic mass is 16.2. The van der Waals surface area contributed by atoms with E-state index in [1.54, 1.807) is 0 Å². The van der Waals surface area contributed by atoms with Crippen LogP contribution in [-0.4, -0.2) is 11.9 Å². The number of hydrogen-bond acceptors (Lipinski definition) is 2. The molecule has 2 fully saturated rings. The van der Waals surface area contributed by atoms with Gasteiger partial charge in [0.1, 0.15) is 0 Å². The van der Waals surface area contributed by atoms with Crippen LogP contribution >= 0.6 is 0 Å². The van der Waals surface area contributed by atoms with Gasteiger partial charge in [-0.2, -0.15) is 0 Å². The predicted molar refractivity (Wildman–Crippen MR) is 82.8 cm³/mol. The highest BCUT2D eigenvalue weighted by Gasteiger charge is 2.29. The number of benzene rings is 1. The highest BCUT2D eigenvalue weighted by molar-refractivity contribution is 5.94. The van der Waals surface area contributed by atoms with Gasteiger partial charge in [0.05, 0.1) is 0 Å². The van der Waals surface area contributed by atoms with Crippen molar-refractivity contribution in [3.8, 4) is 0 Å². The molecule has 20 heavy (non-hydrogen) atoms. The van der Waals surface area contributed by atoms with E-state index in [4.69, 9.17) is 0 Å². The van der Waals surface area contributed by atoms with Gasteiger partial charge in [0.2, 0.25) is 5.91 Å². The predicted octanol–water partition coefficient (Wildman–Crippen LogP) is 4.03. The van der Waals surface area contributed by atoms with Crippen LogP contribution in [0.3, 0.4) is 0 Å². The summed E-state index contributed by atoms with van der Waals surface area (Å²) in [5.74, 6) is 1.34. The average molecular weight is 272 g/mol. The number of rotatable bonds is 6. The van der Waals surface area contributed by atoms with Crippen LogP contribution in [0.25, 0.3) is 0 Å². The van der Waals surface area contributed by atoms with Gasteiger partial charge >= 0.3 is 0 Å². The quantitative estimate of drug-likeness (QED) is 0.821. The second-order valence-corrected chi connectivity index (χ2v) is 6.42. The molecule has 0 radical (unpaired) electrons. The number of carbonyl (C=O) groups is 1. The van der Waals surface area contributed by atoms with Gasteiger partial charge in [0, 0.05) is 23.3 Å². The molecular weight excluding hydrogens is 248 g/mol. The van der Waals surface area contributed by atoms with E-state index < -0.39 is 0 Å². The maximum absolute atomic E-state index is 11.8. The second kappa shape index (κ2) is 5.86. The molecule has 0 saturated heterocycles. The Kier molecular flexibility index (Phi) is 3.95. The normalized spacial score (nSPS) is 20.1.